The van der Waals surface area contributed by atoms with Crippen LogP contribution in [0.25, 0.3) is 11.1 Å². The Hall–Kier alpha value is -2.66. The molecule has 0 aliphatic rings. The summed E-state index contributed by atoms with van der Waals surface area (Å²) in [4.78, 5) is 0. The van der Waals surface area contributed by atoms with E-state index in [1.165, 1.54) is 6.07 Å². The highest BCUT2D eigenvalue weighted by Crippen LogP contribution is 2.40. The highest BCUT2D eigenvalue weighted by atomic mass is 35.5. The summed E-state index contributed by atoms with van der Waals surface area (Å²) in [6.45, 7) is 0.362. The molecule has 0 fully saturated rings. The topological polar surface area (TPSA) is 35.2 Å². The van der Waals surface area contributed by atoms with Crippen molar-refractivity contribution in [2.24, 2.45) is 0 Å². The third-order valence-corrected chi connectivity index (χ3v) is 4.16. The Kier molecular flexibility index (Phi) is 5.09. The molecule has 134 valence electrons. The van der Waals surface area contributed by atoms with E-state index in [0.29, 0.717) is 23.5 Å². The highest BCUT2D eigenvalue weighted by Gasteiger charge is 2.34. The molecule has 0 aliphatic heterocycles. The van der Waals surface area contributed by atoms with Gasteiger partial charge in [-0.25, -0.2) is 0 Å². The number of hydrogen-bond donors (Lipinski definition) is 1. The van der Waals surface area contributed by atoms with Gasteiger partial charge in [-0.3, -0.25) is 0 Å². The zero-order valence-electron chi connectivity index (χ0n) is 13.6. The van der Waals surface area contributed by atoms with Gasteiger partial charge in [0.05, 0.1) is 16.3 Å². The van der Waals surface area contributed by atoms with Gasteiger partial charge in [0.2, 0.25) is 0 Å². The van der Waals surface area contributed by atoms with Crippen LogP contribution in [0.1, 0.15) is 11.1 Å². The first-order valence-electron chi connectivity index (χ1n) is 7.78. The van der Waals surface area contributed by atoms with Gasteiger partial charge >= 0.3 is 6.18 Å². The lowest BCUT2D eigenvalue weighted by Crippen LogP contribution is -2.09. The van der Waals surface area contributed by atoms with E-state index in [2.05, 4.69) is 0 Å². The molecule has 0 aliphatic carbocycles. The molecule has 0 heterocycles. The Morgan fingerprint density at radius 1 is 0.885 bits per heavy atom. The van der Waals surface area contributed by atoms with Crippen LogP contribution in [0.3, 0.4) is 0 Å². The van der Waals surface area contributed by atoms with Crippen LogP contribution < -0.4 is 10.5 Å². The first-order chi connectivity index (χ1) is 12.3. The molecule has 0 spiro atoms. The molecular formula is C20H15ClF3NO. The fourth-order valence-corrected chi connectivity index (χ4v) is 2.74. The van der Waals surface area contributed by atoms with Gasteiger partial charge in [-0.05, 0) is 41.0 Å². The smallest absolute Gasteiger partial charge is 0.418 e. The monoisotopic (exact) mass is 377 g/mol. The van der Waals surface area contributed by atoms with Gasteiger partial charge in [0.25, 0.3) is 0 Å². The second kappa shape index (κ2) is 7.30. The van der Waals surface area contributed by atoms with Gasteiger partial charge in [-0.2, -0.15) is 13.2 Å². The van der Waals surface area contributed by atoms with Crippen molar-refractivity contribution in [3.8, 4) is 16.9 Å². The van der Waals surface area contributed by atoms with Crippen molar-refractivity contribution >= 4 is 17.3 Å². The Morgan fingerprint density at radius 3 is 2.31 bits per heavy atom. The summed E-state index contributed by atoms with van der Waals surface area (Å²) in [5.41, 5.74) is 5.93. The summed E-state index contributed by atoms with van der Waals surface area (Å²) in [7, 11) is 0. The van der Waals surface area contributed by atoms with Crippen LogP contribution in [0.5, 0.6) is 5.75 Å². The zero-order valence-corrected chi connectivity index (χ0v) is 14.3. The predicted octanol–water partition coefficient (Wildman–Crippen LogP) is 6.19. The molecule has 26 heavy (non-hydrogen) atoms. The van der Waals surface area contributed by atoms with Crippen molar-refractivity contribution in [2.75, 3.05) is 5.73 Å². The van der Waals surface area contributed by atoms with Crippen LogP contribution in [0.4, 0.5) is 18.9 Å². The minimum absolute atomic E-state index is 0.134. The molecule has 3 rings (SSSR count). The molecule has 0 unspecified atom stereocenters. The molecule has 2 N–H and O–H groups in total. The number of benzene rings is 3. The van der Waals surface area contributed by atoms with Crippen molar-refractivity contribution in [3.63, 3.8) is 0 Å². The van der Waals surface area contributed by atoms with E-state index in [9.17, 15) is 13.2 Å². The van der Waals surface area contributed by atoms with Crippen LogP contribution >= 0.6 is 11.6 Å². The normalized spacial score (nSPS) is 11.4. The number of rotatable bonds is 4. The second-order valence-electron chi connectivity index (χ2n) is 5.72. The third kappa shape index (κ3) is 4.11. The Bertz CT molecular complexity index is 911. The van der Waals surface area contributed by atoms with Crippen molar-refractivity contribution in [1.29, 1.82) is 0 Å². The first kappa shape index (κ1) is 18.1. The molecule has 0 saturated heterocycles. The van der Waals surface area contributed by atoms with Gasteiger partial charge in [0.1, 0.15) is 12.4 Å². The summed E-state index contributed by atoms with van der Waals surface area (Å²) in [5.74, 6) is 0.549. The SMILES string of the molecule is Nc1c(Cl)cc(-c2cccc(OCc3ccccc3)c2)cc1C(F)(F)F. The molecule has 6 heteroatoms. The van der Waals surface area contributed by atoms with Crippen molar-refractivity contribution in [1.82, 2.24) is 0 Å². The van der Waals surface area contributed by atoms with Gasteiger partial charge in [-0.1, -0.05) is 54.1 Å². The van der Waals surface area contributed by atoms with E-state index in [1.54, 1.807) is 24.3 Å². The Balaban J connectivity index is 1.89. The van der Waals surface area contributed by atoms with E-state index in [-0.39, 0.29) is 5.02 Å². The van der Waals surface area contributed by atoms with Crippen molar-refractivity contribution in [3.05, 3.63) is 82.9 Å². The predicted molar refractivity (Wildman–Crippen MR) is 97.1 cm³/mol. The number of alkyl halides is 3. The van der Waals surface area contributed by atoms with Gasteiger partial charge < -0.3 is 10.5 Å². The summed E-state index contributed by atoms with van der Waals surface area (Å²) in [6.07, 6.45) is -4.58. The number of ether oxygens (including phenoxy) is 1. The van der Waals surface area contributed by atoms with E-state index in [0.717, 1.165) is 11.6 Å². The minimum atomic E-state index is -4.58. The van der Waals surface area contributed by atoms with Crippen molar-refractivity contribution < 1.29 is 17.9 Å². The standard InChI is InChI=1S/C20H15ClF3NO/c21-18-11-15(10-17(19(18)25)20(22,23)24)14-7-4-8-16(9-14)26-12-13-5-2-1-3-6-13/h1-11H,12,25H2. The summed E-state index contributed by atoms with van der Waals surface area (Å²) < 4.78 is 45.2. The summed E-state index contributed by atoms with van der Waals surface area (Å²) in [6, 6.07) is 18.8. The van der Waals surface area contributed by atoms with E-state index >= 15 is 0 Å². The molecule has 3 aromatic carbocycles. The lowest BCUT2D eigenvalue weighted by molar-refractivity contribution is -0.136. The molecule has 3 aromatic rings. The number of nitrogens with two attached hydrogens (primary N) is 1. The number of halogens is 4. The maximum Gasteiger partial charge on any atom is 0.418 e. The molecule has 0 radical (unpaired) electrons. The van der Waals surface area contributed by atoms with E-state index < -0.39 is 17.4 Å². The minimum Gasteiger partial charge on any atom is -0.489 e. The fourth-order valence-electron chi connectivity index (χ4n) is 2.53. The average molecular weight is 378 g/mol. The van der Waals surface area contributed by atoms with Gasteiger partial charge in [-0.15, -0.1) is 0 Å². The molecule has 0 saturated carbocycles. The summed E-state index contributed by atoms with van der Waals surface area (Å²) >= 11 is 5.90. The van der Waals surface area contributed by atoms with Gasteiger partial charge in [0, 0.05) is 0 Å². The maximum absolute atomic E-state index is 13.1. The largest absolute Gasteiger partial charge is 0.489 e. The average Bonchev–Trinajstić information content (AvgIpc) is 2.62. The number of hydrogen-bond acceptors (Lipinski definition) is 2. The van der Waals surface area contributed by atoms with Crippen LogP contribution in [-0.4, -0.2) is 0 Å². The lowest BCUT2D eigenvalue weighted by Gasteiger charge is -2.14. The summed E-state index contributed by atoms with van der Waals surface area (Å²) in [5, 5.41) is -0.134. The van der Waals surface area contributed by atoms with Crippen LogP contribution in [0.2, 0.25) is 5.02 Å². The molecule has 0 atom stereocenters. The van der Waals surface area contributed by atoms with Crippen LogP contribution in [0.15, 0.2) is 66.7 Å². The third-order valence-electron chi connectivity index (χ3n) is 3.85. The Morgan fingerprint density at radius 2 is 1.62 bits per heavy atom. The zero-order chi connectivity index (χ0) is 18.7. The quantitative estimate of drug-likeness (QED) is 0.550. The van der Waals surface area contributed by atoms with Crippen LogP contribution in [0, 0.1) is 0 Å². The second-order valence-corrected chi connectivity index (χ2v) is 6.13. The Labute approximate surface area is 154 Å². The molecular weight excluding hydrogens is 363 g/mol. The van der Waals surface area contributed by atoms with Gasteiger partial charge in [0.15, 0.2) is 0 Å². The van der Waals surface area contributed by atoms with Crippen LogP contribution in [-0.2, 0) is 12.8 Å². The molecule has 0 aromatic heterocycles. The maximum atomic E-state index is 13.1. The fraction of sp³-hybridized carbons (Fsp3) is 0.100. The molecule has 0 bridgehead atoms. The number of nitrogen functional groups attached to an aromatic ring is 1. The van der Waals surface area contributed by atoms with E-state index in [4.69, 9.17) is 22.1 Å². The van der Waals surface area contributed by atoms with Crippen molar-refractivity contribution in [2.45, 2.75) is 12.8 Å². The number of anilines is 1. The first-order valence-corrected chi connectivity index (χ1v) is 8.16. The highest BCUT2D eigenvalue weighted by molar-refractivity contribution is 6.33. The molecule has 0 amide bonds. The lowest BCUT2D eigenvalue weighted by atomic mass is 10.0. The van der Waals surface area contributed by atoms with E-state index in [1.807, 2.05) is 30.3 Å². The molecule has 2 nitrogen and oxygen atoms in total.